The molecule has 2 saturated heterocycles. The molecule has 2 fully saturated rings. The molecule has 0 unspecified atom stereocenters. The number of benzene rings is 1. The number of carbonyl (C=O) groups is 1. The molecule has 1 aromatic carbocycles. The fourth-order valence-electron chi connectivity index (χ4n) is 3.63. The van der Waals surface area contributed by atoms with Crippen molar-refractivity contribution in [1.82, 2.24) is 10.2 Å². The van der Waals surface area contributed by atoms with Crippen LogP contribution < -0.4 is 5.32 Å². The molecule has 1 aromatic rings. The molecule has 0 radical (unpaired) electrons. The molecule has 2 aliphatic rings. The van der Waals surface area contributed by atoms with E-state index < -0.39 is 4.92 Å². The first-order valence-electron chi connectivity index (χ1n) is 7.80. The van der Waals surface area contributed by atoms with Crippen molar-refractivity contribution < 1.29 is 9.72 Å². The van der Waals surface area contributed by atoms with Crippen molar-refractivity contribution in [3.8, 4) is 0 Å². The Labute approximate surface area is 129 Å². The van der Waals surface area contributed by atoms with Crippen LogP contribution in [-0.2, 0) is 11.2 Å². The number of nitrogens with zero attached hydrogens (tertiary/aromatic N) is 2. The van der Waals surface area contributed by atoms with Crippen molar-refractivity contribution in [2.24, 2.45) is 5.41 Å². The number of carbonyl (C=O) groups excluding carboxylic acids is 1. The molecule has 6 heteroatoms. The Bertz CT molecular complexity index is 582. The van der Waals surface area contributed by atoms with E-state index in [0.29, 0.717) is 5.56 Å². The zero-order chi connectivity index (χ0) is 15.6. The van der Waals surface area contributed by atoms with Crippen LogP contribution in [-0.4, -0.2) is 41.9 Å². The molecule has 22 heavy (non-hydrogen) atoms. The van der Waals surface area contributed by atoms with E-state index in [1.165, 1.54) is 6.07 Å². The Morgan fingerprint density at radius 2 is 2.00 bits per heavy atom. The van der Waals surface area contributed by atoms with Crippen LogP contribution in [0.2, 0.25) is 0 Å². The molecule has 6 nitrogen and oxygen atoms in total. The molecule has 0 aliphatic carbocycles. The largest absolute Gasteiger partial charge is 0.342 e. The van der Waals surface area contributed by atoms with Gasteiger partial charge >= 0.3 is 0 Å². The minimum atomic E-state index is -0.416. The van der Waals surface area contributed by atoms with Gasteiger partial charge in [-0.1, -0.05) is 18.2 Å². The Balaban J connectivity index is 1.67. The fourth-order valence-corrected chi connectivity index (χ4v) is 3.63. The maximum absolute atomic E-state index is 12.5. The van der Waals surface area contributed by atoms with E-state index in [1.54, 1.807) is 18.2 Å². The molecule has 1 spiro atoms. The molecule has 1 amide bonds. The summed E-state index contributed by atoms with van der Waals surface area (Å²) >= 11 is 0. The van der Waals surface area contributed by atoms with Gasteiger partial charge in [0.25, 0.3) is 5.69 Å². The van der Waals surface area contributed by atoms with E-state index in [0.717, 1.165) is 45.4 Å². The van der Waals surface area contributed by atoms with Crippen molar-refractivity contribution >= 4 is 11.6 Å². The molecule has 118 valence electrons. The predicted octanol–water partition coefficient (Wildman–Crippen LogP) is 1.74. The maximum atomic E-state index is 12.5. The highest BCUT2D eigenvalue weighted by molar-refractivity contribution is 5.80. The van der Waals surface area contributed by atoms with Gasteiger partial charge in [0.2, 0.25) is 5.91 Å². The van der Waals surface area contributed by atoms with Gasteiger partial charge in [-0.2, -0.15) is 0 Å². The first-order chi connectivity index (χ1) is 10.6. The van der Waals surface area contributed by atoms with Gasteiger partial charge in [-0.05, 0) is 37.8 Å². The second-order valence-electron chi connectivity index (χ2n) is 6.38. The van der Waals surface area contributed by atoms with Gasteiger partial charge < -0.3 is 10.2 Å². The Morgan fingerprint density at radius 1 is 1.27 bits per heavy atom. The fraction of sp³-hybridized carbons (Fsp3) is 0.562. The van der Waals surface area contributed by atoms with E-state index >= 15 is 0 Å². The highest BCUT2D eigenvalue weighted by Gasteiger charge is 2.40. The number of piperidine rings is 1. The molecule has 0 saturated carbocycles. The third kappa shape index (κ3) is 2.97. The number of rotatable bonds is 3. The third-order valence-electron chi connectivity index (χ3n) is 4.99. The van der Waals surface area contributed by atoms with Crippen molar-refractivity contribution in [1.29, 1.82) is 0 Å². The molecular formula is C16H21N3O3. The van der Waals surface area contributed by atoms with Crippen molar-refractivity contribution in [3.63, 3.8) is 0 Å². The summed E-state index contributed by atoms with van der Waals surface area (Å²) in [6.07, 6.45) is 3.40. The van der Waals surface area contributed by atoms with Gasteiger partial charge in [0.05, 0.1) is 11.3 Å². The van der Waals surface area contributed by atoms with Gasteiger partial charge in [0, 0.05) is 24.7 Å². The number of hydrogen-bond donors (Lipinski definition) is 1. The summed E-state index contributed by atoms with van der Waals surface area (Å²) in [6.45, 7) is 3.62. The minimum absolute atomic E-state index is 0.00436. The smallest absolute Gasteiger partial charge is 0.273 e. The SMILES string of the molecule is O=C(Cc1ccccc1[N+](=O)[O-])N1CCC2(CCNCC2)C1. The van der Waals surface area contributed by atoms with Gasteiger partial charge in [0.15, 0.2) is 0 Å². The summed E-state index contributed by atoms with van der Waals surface area (Å²) < 4.78 is 0. The summed E-state index contributed by atoms with van der Waals surface area (Å²) in [4.78, 5) is 25.0. The second-order valence-corrected chi connectivity index (χ2v) is 6.38. The highest BCUT2D eigenvalue weighted by Crippen LogP contribution is 2.38. The lowest BCUT2D eigenvalue weighted by Gasteiger charge is -2.33. The summed E-state index contributed by atoms with van der Waals surface area (Å²) in [5.74, 6) is 0.00436. The van der Waals surface area contributed by atoms with E-state index in [2.05, 4.69) is 5.32 Å². The highest BCUT2D eigenvalue weighted by atomic mass is 16.6. The van der Waals surface area contributed by atoms with Crippen LogP contribution in [0.3, 0.4) is 0 Å². The van der Waals surface area contributed by atoms with Crippen LogP contribution in [0.1, 0.15) is 24.8 Å². The molecule has 2 heterocycles. The van der Waals surface area contributed by atoms with Crippen LogP contribution in [0.5, 0.6) is 0 Å². The van der Waals surface area contributed by atoms with Crippen molar-refractivity contribution in [2.45, 2.75) is 25.7 Å². The lowest BCUT2D eigenvalue weighted by molar-refractivity contribution is -0.385. The minimum Gasteiger partial charge on any atom is -0.342 e. The molecule has 0 bridgehead atoms. The monoisotopic (exact) mass is 303 g/mol. The number of likely N-dealkylation sites (tertiary alicyclic amines) is 1. The lowest BCUT2D eigenvalue weighted by atomic mass is 9.78. The normalized spacial score (nSPS) is 20.3. The average Bonchev–Trinajstić information content (AvgIpc) is 2.92. The van der Waals surface area contributed by atoms with Crippen LogP contribution in [0.15, 0.2) is 24.3 Å². The lowest BCUT2D eigenvalue weighted by Crippen LogP contribution is -2.40. The first kappa shape index (κ1) is 15.0. The second kappa shape index (κ2) is 6.04. The number of hydrogen-bond acceptors (Lipinski definition) is 4. The zero-order valence-electron chi connectivity index (χ0n) is 12.6. The van der Waals surface area contributed by atoms with E-state index in [1.807, 2.05) is 4.90 Å². The zero-order valence-corrected chi connectivity index (χ0v) is 12.6. The van der Waals surface area contributed by atoms with Gasteiger partial charge in [0.1, 0.15) is 0 Å². The summed E-state index contributed by atoms with van der Waals surface area (Å²) in [7, 11) is 0. The van der Waals surface area contributed by atoms with Crippen LogP contribution in [0, 0.1) is 15.5 Å². The predicted molar refractivity (Wildman–Crippen MR) is 82.5 cm³/mol. The Kier molecular flexibility index (Phi) is 4.11. The first-order valence-corrected chi connectivity index (χ1v) is 7.80. The number of nitro benzene ring substituents is 1. The van der Waals surface area contributed by atoms with E-state index in [-0.39, 0.29) is 23.4 Å². The van der Waals surface area contributed by atoms with Gasteiger partial charge in [-0.15, -0.1) is 0 Å². The molecule has 0 atom stereocenters. The molecule has 0 aromatic heterocycles. The summed E-state index contributed by atoms with van der Waals surface area (Å²) in [5, 5.41) is 14.4. The third-order valence-corrected chi connectivity index (χ3v) is 4.99. The quantitative estimate of drug-likeness (QED) is 0.681. The average molecular weight is 303 g/mol. The van der Waals surface area contributed by atoms with Crippen molar-refractivity contribution in [3.05, 3.63) is 39.9 Å². The molecule has 3 rings (SSSR count). The standard InChI is InChI=1S/C16H21N3O3/c20-15(11-13-3-1-2-4-14(13)19(21)22)18-10-7-16(12-18)5-8-17-9-6-16/h1-4,17H,5-12H2. The van der Waals surface area contributed by atoms with E-state index in [4.69, 9.17) is 0 Å². The van der Waals surface area contributed by atoms with Crippen LogP contribution >= 0.6 is 0 Å². The Morgan fingerprint density at radius 3 is 2.73 bits per heavy atom. The number of amides is 1. The summed E-state index contributed by atoms with van der Waals surface area (Å²) in [6, 6.07) is 6.51. The number of nitro groups is 1. The Hall–Kier alpha value is -1.95. The van der Waals surface area contributed by atoms with Gasteiger partial charge in [-0.3, -0.25) is 14.9 Å². The molecular weight excluding hydrogens is 282 g/mol. The molecule has 1 N–H and O–H groups in total. The number of nitrogens with one attached hydrogen (secondary N) is 1. The molecule has 2 aliphatic heterocycles. The van der Waals surface area contributed by atoms with Crippen LogP contribution in [0.25, 0.3) is 0 Å². The topological polar surface area (TPSA) is 75.5 Å². The number of para-hydroxylation sites is 1. The van der Waals surface area contributed by atoms with E-state index in [9.17, 15) is 14.9 Å². The van der Waals surface area contributed by atoms with Gasteiger partial charge in [-0.25, -0.2) is 0 Å². The van der Waals surface area contributed by atoms with Crippen molar-refractivity contribution in [2.75, 3.05) is 26.2 Å². The van der Waals surface area contributed by atoms with Crippen LogP contribution in [0.4, 0.5) is 5.69 Å². The summed E-state index contributed by atoms with van der Waals surface area (Å²) in [5.41, 5.74) is 0.805. The maximum Gasteiger partial charge on any atom is 0.273 e.